The Hall–Kier alpha value is -0.0697. The fourth-order valence-electron chi connectivity index (χ4n) is 0. The topological polar surface area (TPSA) is 37.3 Å². The monoisotopic (exact) mass is 243 g/mol. The van der Waals surface area contributed by atoms with Crippen molar-refractivity contribution in [2.45, 2.75) is 6.92 Å². The summed E-state index contributed by atoms with van der Waals surface area (Å²) in [5.74, 6) is -0.833. The van der Waals surface area contributed by atoms with Crippen molar-refractivity contribution in [1.82, 2.24) is 0 Å². The van der Waals surface area contributed by atoms with E-state index in [-0.39, 0.29) is 0 Å². The SMILES string of the molecule is CC(=O)O.[F][Ag]([F])([F])[F]. The van der Waals surface area contributed by atoms with E-state index in [1.54, 1.807) is 0 Å². The number of carboxylic acid groups (broad SMARTS) is 1. The second-order valence-electron chi connectivity index (χ2n) is 0.777. The number of aliphatic carboxylic acids is 1. The first kappa shape index (κ1) is 11.7. The predicted molar refractivity (Wildman–Crippen MR) is 17.7 cm³/mol. The molecule has 7 heteroatoms. The maximum atomic E-state index is 9.83. The van der Waals surface area contributed by atoms with Crippen molar-refractivity contribution >= 4 is 5.97 Å². The second kappa shape index (κ2) is 4.78. The van der Waals surface area contributed by atoms with Gasteiger partial charge in [0.2, 0.25) is 0 Å². The molecule has 0 saturated carbocycles. The minimum absolute atomic E-state index is 0.833. The van der Waals surface area contributed by atoms with Crippen LogP contribution in [-0.4, -0.2) is 11.1 Å². The molecular formula is C2H4AgF4O2. The van der Waals surface area contributed by atoms with E-state index in [1.807, 2.05) is 0 Å². The zero-order chi connectivity index (χ0) is 8.08. The Morgan fingerprint density at radius 2 is 1.33 bits per heavy atom. The third-order valence-electron chi connectivity index (χ3n) is 0. The van der Waals surface area contributed by atoms with Crippen LogP contribution in [0.5, 0.6) is 0 Å². The van der Waals surface area contributed by atoms with Crippen molar-refractivity contribution in [3.8, 4) is 0 Å². The first-order valence-electron chi connectivity index (χ1n) is 1.38. The van der Waals surface area contributed by atoms with Crippen LogP contribution >= 0.6 is 0 Å². The summed E-state index contributed by atoms with van der Waals surface area (Å²) in [6.07, 6.45) is 0. The van der Waals surface area contributed by atoms with Gasteiger partial charge in [0.1, 0.15) is 0 Å². The van der Waals surface area contributed by atoms with Gasteiger partial charge in [-0.15, -0.1) is 0 Å². The fourth-order valence-corrected chi connectivity index (χ4v) is 0. The van der Waals surface area contributed by atoms with Crippen LogP contribution in [0.15, 0.2) is 0 Å². The van der Waals surface area contributed by atoms with E-state index in [9.17, 15) is 12.1 Å². The summed E-state index contributed by atoms with van der Waals surface area (Å²) in [4.78, 5) is 9.00. The molecule has 0 aromatic carbocycles. The maximum absolute atomic E-state index is 9.83. The first-order valence-corrected chi connectivity index (χ1v) is 3.62. The van der Waals surface area contributed by atoms with Gasteiger partial charge in [-0.2, -0.15) is 0 Å². The molecule has 0 unspecified atom stereocenters. The number of rotatable bonds is 0. The molecule has 0 atom stereocenters. The average molecular weight is 244 g/mol. The average Bonchev–Trinajstić information content (AvgIpc) is 1.19. The number of halogens is 4. The van der Waals surface area contributed by atoms with Gasteiger partial charge in [0.15, 0.2) is 0 Å². The Balaban J connectivity index is 0. The molecule has 0 saturated heterocycles. The van der Waals surface area contributed by atoms with Crippen LogP contribution in [0, 0.1) is 0 Å². The third kappa shape index (κ3) is 57300. The molecule has 0 rings (SSSR count). The van der Waals surface area contributed by atoms with E-state index >= 15 is 0 Å². The van der Waals surface area contributed by atoms with Crippen LogP contribution in [0.2, 0.25) is 0 Å². The van der Waals surface area contributed by atoms with Crippen LogP contribution in [0.1, 0.15) is 6.92 Å². The van der Waals surface area contributed by atoms with Gasteiger partial charge < -0.3 is 5.11 Å². The van der Waals surface area contributed by atoms with Crippen LogP contribution in [0.25, 0.3) is 0 Å². The molecule has 0 fully saturated rings. The summed E-state index contributed by atoms with van der Waals surface area (Å²) in [6.45, 7) is 1.08. The summed E-state index contributed by atoms with van der Waals surface area (Å²) in [5, 5.41) is 7.42. The third-order valence-corrected chi connectivity index (χ3v) is 0. The first-order chi connectivity index (χ1) is 3.73. The number of carboxylic acids is 1. The fraction of sp³-hybridized carbons (Fsp3) is 0.500. The summed E-state index contributed by atoms with van der Waals surface area (Å²) in [6, 6.07) is 0. The molecule has 0 aliphatic carbocycles. The Morgan fingerprint density at radius 3 is 1.33 bits per heavy atom. The molecule has 1 N–H and O–H groups in total. The van der Waals surface area contributed by atoms with Crippen molar-refractivity contribution in [2.75, 3.05) is 0 Å². The Bertz CT molecular complexity index is 79.1. The molecule has 9 heavy (non-hydrogen) atoms. The van der Waals surface area contributed by atoms with Gasteiger partial charge in [0, 0.05) is 6.92 Å². The standard InChI is InChI=1S/C2H4O2.Ag.4FH/c1-2(3)4;;;;;/h1H3,(H,3,4);;4*1H/q;+4;;;;/p-4. The van der Waals surface area contributed by atoms with Gasteiger partial charge in [-0.05, 0) is 0 Å². The van der Waals surface area contributed by atoms with Gasteiger partial charge in [-0.3, -0.25) is 4.79 Å². The normalized spacial score (nSPS) is 11.2. The van der Waals surface area contributed by atoms with Crippen molar-refractivity contribution < 1.29 is 41.3 Å². The van der Waals surface area contributed by atoms with E-state index in [0.29, 0.717) is 0 Å². The van der Waals surface area contributed by atoms with E-state index in [4.69, 9.17) is 9.90 Å². The van der Waals surface area contributed by atoms with Gasteiger partial charge in [-0.25, -0.2) is 0 Å². The Labute approximate surface area is 54.8 Å². The van der Waals surface area contributed by atoms with Crippen molar-refractivity contribution in [1.29, 1.82) is 0 Å². The van der Waals surface area contributed by atoms with E-state index in [0.717, 1.165) is 6.92 Å². The molecule has 0 aromatic heterocycles. The van der Waals surface area contributed by atoms with Gasteiger partial charge in [-0.1, -0.05) is 0 Å². The minimum atomic E-state index is -6.62. The van der Waals surface area contributed by atoms with Crippen molar-refractivity contribution in [2.24, 2.45) is 0 Å². The molecule has 2 nitrogen and oxygen atoms in total. The van der Waals surface area contributed by atoms with Crippen molar-refractivity contribution in [3.63, 3.8) is 0 Å². The molecule has 0 heterocycles. The molecule has 0 aromatic rings. The molecule has 0 radical (unpaired) electrons. The zero-order valence-corrected chi connectivity index (χ0v) is 5.65. The molecule has 0 aliphatic rings. The van der Waals surface area contributed by atoms with Crippen LogP contribution < -0.4 is 0 Å². The quantitative estimate of drug-likeness (QED) is 0.520. The second-order valence-corrected chi connectivity index (χ2v) is 2.05. The van der Waals surface area contributed by atoms with E-state index in [1.165, 1.54) is 0 Å². The molecule has 63 valence electrons. The van der Waals surface area contributed by atoms with E-state index < -0.39 is 25.3 Å². The van der Waals surface area contributed by atoms with Crippen LogP contribution in [-0.2, 0) is 24.1 Å². The molecule has 0 amide bonds. The number of hydrogen-bond donors (Lipinski definition) is 1. The molecule has 0 bridgehead atoms. The van der Waals surface area contributed by atoms with Gasteiger partial charge in [0.05, 0.1) is 0 Å². The summed E-state index contributed by atoms with van der Waals surface area (Å²) >= 11 is -6.62. The number of hydrogen-bond acceptors (Lipinski definition) is 1. The Morgan fingerprint density at radius 1 is 1.33 bits per heavy atom. The summed E-state index contributed by atoms with van der Waals surface area (Å²) in [7, 11) is 0. The predicted octanol–water partition coefficient (Wildman–Crippen LogP) is 1.77. The van der Waals surface area contributed by atoms with Gasteiger partial charge >= 0.3 is 31.4 Å². The summed E-state index contributed by atoms with van der Waals surface area (Å²) in [5.41, 5.74) is 0. The molecule has 0 spiro atoms. The number of carbonyl (C=O) groups is 1. The van der Waals surface area contributed by atoms with Crippen LogP contribution in [0.4, 0.5) is 12.1 Å². The molecular weight excluding hydrogens is 240 g/mol. The van der Waals surface area contributed by atoms with Crippen molar-refractivity contribution in [3.05, 3.63) is 0 Å². The summed E-state index contributed by atoms with van der Waals surface area (Å²) < 4.78 is 39.3. The molecule has 0 aliphatic heterocycles. The van der Waals surface area contributed by atoms with Crippen LogP contribution in [0.3, 0.4) is 0 Å². The van der Waals surface area contributed by atoms with E-state index in [2.05, 4.69) is 0 Å². The van der Waals surface area contributed by atoms with Gasteiger partial charge in [0.25, 0.3) is 5.97 Å². The zero-order valence-electron chi connectivity index (χ0n) is 4.17. The Kier molecular flexibility index (Phi) is 6.21.